The molecule has 1 aliphatic heterocycles. The molecule has 1 amide bonds. The van der Waals surface area contributed by atoms with Gasteiger partial charge in [-0.05, 0) is 45.4 Å². The van der Waals surface area contributed by atoms with Gasteiger partial charge >= 0.3 is 5.97 Å². The Bertz CT molecular complexity index is 614. The Balaban J connectivity index is 1.91. The number of carboxylic acids is 1. The summed E-state index contributed by atoms with van der Waals surface area (Å²) in [6, 6.07) is 7.76. The summed E-state index contributed by atoms with van der Waals surface area (Å²) < 4.78 is 0. The van der Waals surface area contributed by atoms with Crippen LogP contribution in [0.25, 0.3) is 0 Å². The quantitative estimate of drug-likeness (QED) is 0.763. The highest BCUT2D eigenvalue weighted by atomic mass is 35.5. The van der Waals surface area contributed by atoms with Gasteiger partial charge in [0.2, 0.25) is 5.91 Å². The molecule has 0 bridgehead atoms. The van der Waals surface area contributed by atoms with E-state index in [1.165, 1.54) is 11.8 Å². The first kappa shape index (κ1) is 20.1. The third kappa shape index (κ3) is 5.90. The predicted molar refractivity (Wildman–Crippen MR) is 101 cm³/mol. The molecule has 1 aliphatic rings. The van der Waals surface area contributed by atoms with Crippen molar-refractivity contribution >= 4 is 35.2 Å². The molecule has 1 aromatic rings. The van der Waals surface area contributed by atoms with Crippen molar-refractivity contribution in [2.45, 2.75) is 42.4 Å². The number of rotatable bonds is 6. The fourth-order valence-corrected chi connectivity index (χ4v) is 4.36. The lowest BCUT2D eigenvalue weighted by molar-refractivity contribution is -0.138. The highest BCUT2D eigenvalue weighted by molar-refractivity contribution is 8.00. The number of thioether (sulfide) groups is 1. The molecule has 2 unspecified atom stereocenters. The van der Waals surface area contributed by atoms with E-state index in [1.807, 2.05) is 48.0 Å². The first-order chi connectivity index (χ1) is 11.9. The number of likely N-dealkylation sites (tertiary alicyclic amines) is 1. The standard InChI is InChI=1S/C18H25ClN2O3S/c1-13(25-16-8-4-3-7-15(16)19)18(24)21-10-5-6-14(9-11-21)20(2)12-17(22)23/h3-4,7-8,13-14H,5-6,9-12H2,1-2H3,(H,22,23). The highest BCUT2D eigenvalue weighted by Gasteiger charge is 2.27. The number of likely N-dealkylation sites (N-methyl/N-ethyl adjacent to an activating group) is 1. The second-order valence-electron chi connectivity index (χ2n) is 6.41. The van der Waals surface area contributed by atoms with E-state index in [-0.39, 0.29) is 23.7 Å². The minimum Gasteiger partial charge on any atom is -0.480 e. The van der Waals surface area contributed by atoms with Crippen molar-refractivity contribution in [1.82, 2.24) is 9.80 Å². The van der Waals surface area contributed by atoms with Crippen molar-refractivity contribution in [3.63, 3.8) is 0 Å². The number of halogens is 1. The van der Waals surface area contributed by atoms with Gasteiger partial charge in [0, 0.05) is 24.0 Å². The number of hydrogen-bond acceptors (Lipinski definition) is 4. The van der Waals surface area contributed by atoms with Gasteiger partial charge < -0.3 is 10.0 Å². The summed E-state index contributed by atoms with van der Waals surface area (Å²) in [4.78, 5) is 28.4. The van der Waals surface area contributed by atoms with Crippen LogP contribution in [-0.4, -0.2) is 64.8 Å². The molecule has 1 aromatic carbocycles. The van der Waals surface area contributed by atoms with Gasteiger partial charge in [0.1, 0.15) is 0 Å². The molecule has 0 radical (unpaired) electrons. The van der Waals surface area contributed by atoms with Crippen molar-refractivity contribution in [3.8, 4) is 0 Å². The molecule has 1 fully saturated rings. The third-order valence-corrected chi connectivity index (χ3v) is 6.11. The second-order valence-corrected chi connectivity index (χ2v) is 8.20. The lowest BCUT2D eigenvalue weighted by Crippen LogP contribution is -2.39. The Labute approximate surface area is 158 Å². The van der Waals surface area contributed by atoms with Crippen molar-refractivity contribution < 1.29 is 14.7 Å². The van der Waals surface area contributed by atoms with Crippen molar-refractivity contribution in [3.05, 3.63) is 29.3 Å². The number of carbonyl (C=O) groups excluding carboxylic acids is 1. The Morgan fingerprint density at radius 2 is 2.08 bits per heavy atom. The predicted octanol–water partition coefficient (Wildman–Crippen LogP) is 3.22. The summed E-state index contributed by atoms with van der Waals surface area (Å²) in [5.74, 6) is -0.698. The van der Waals surface area contributed by atoms with E-state index in [4.69, 9.17) is 16.7 Å². The van der Waals surface area contributed by atoms with Crippen molar-refractivity contribution in [2.24, 2.45) is 0 Å². The minimum atomic E-state index is -0.815. The van der Waals surface area contributed by atoms with Crippen molar-refractivity contribution in [1.29, 1.82) is 0 Å². The summed E-state index contributed by atoms with van der Waals surface area (Å²) in [5.41, 5.74) is 0. The molecular weight excluding hydrogens is 360 g/mol. The van der Waals surface area contributed by atoms with Crippen LogP contribution in [0.4, 0.5) is 0 Å². The van der Waals surface area contributed by atoms with Crippen LogP contribution in [0.2, 0.25) is 5.02 Å². The van der Waals surface area contributed by atoms with E-state index in [1.54, 1.807) is 0 Å². The number of nitrogens with zero attached hydrogens (tertiary/aromatic N) is 2. The third-order valence-electron chi connectivity index (χ3n) is 4.51. The van der Waals surface area contributed by atoms with Crippen LogP contribution < -0.4 is 0 Å². The average Bonchev–Trinajstić information content (AvgIpc) is 2.81. The number of benzene rings is 1. The van der Waals surface area contributed by atoms with Gasteiger partial charge in [0.05, 0.1) is 16.8 Å². The molecule has 1 N–H and O–H groups in total. The summed E-state index contributed by atoms with van der Waals surface area (Å²) in [7, 11) is 1.84. The normalized spacial score (nSPS) is 19.5. The number of aliphatic carboxylic acids is 1. The van der Waals surface area contributed by atoms with E-state index in [0.717, 1.165) is 30.7 Å². The van der Waals surface area contributed by atoms with E-state index in [0.29, 0.717) is 11.6 Å². The van der Waals surface area contributed by atoms with Gasteiger partial charge in [-0.15, -0.1) is 11.8 Å². The van der Waals surface area contributed by atoms with E-state index < -0.39 is 5.97 Å². The fourth-order valence-electron chi connectivity index (χ4n) is 3.12. The second kappa shape index (κ2) is 9.46. The van der Waals surface area contributed by atoms with Crippen LogP contribution in [0, 0.1) is 0 Å². The van der Waals surface area contributed by atoms with Crippen LogP contribution in [-0.2, 0) is 9.59 Å². The molecule has 0 saturated carbocycles. The number of amides is 1. The van der Waals surface area contributed by atoms with E-state index in [2.05, 4.69) is 0 Å². The zero-order valence-corrected chi connectivity index (χ0v) is 16.2. The molecule has 0 aliphatic carbocycles. The fraction of sp³-hybridized carbons (Fsp3) is 0.556. The van der Waals surface area contributed by atoms with Crippen LogP contribution in [0.3, 0.4) is 0 Å². The van der Waals surface area contributed by atoms with Crippen LogP contribution >= 0.6 is 23.4 Å². The summed E-state index contributed by atoms with van der Waals surface area (Å²) in [5, 5.41) is 9.41. The zero-order valence-electron chi connectivity index (χ0n) is 14.7. The number of carbonyl (C=O) groups is 2. The summed E-state index contributed by atoms with van der Waals surface area (Å²) in [6.07, 6.45) is 2.61. The maximum absolute atomic E-state index is 12.8. The Hall–Kier alpha value is -1.24. The van der Waals surface area contributed by atoms with Crippen LogP contribution in [0.1, 0.15) is 26.2 Å². The average molecular weight is 385 g/mol. The molecule has 7 heteroatoms. The van der Waals surface area contributed by atoms with Gasteiger partial charge in [-0.2, -0.15) is 0 Å². The maximum atomic E-state index is 12.8. The summed E-state index contributed by atoms with van der Waals surface area (Å²) in [6.45, 7) is 3.34. The molecule has 0 aromatic heterocycles. The number of hydrogen-bond donors (Lipinski definition) is 1. The van der Waals surface area contributed by atoms with E-state index >= 15 is 0 Å². The van der Waals surface area contributed by atoms with Crippen molar-refractivity contribution in [2.75, 3.05) is 26.7 Å². The molecule has 5 nitrogen and oxygen atoms in total. The molecule has 1 saturated heterocycles. The molecule has 2 atom stereocenters. The Morgan fingerprint density at radius 3 is 2.76 bits per heavy atom. The topological polar surface area (TPSA) is 60.9 Å². The monoisotopic (exact) mass is 384 g/mol. The van der Waals surface area contributed by atoms with Gasteiger partial charge in [-0.25, -0.2) is 0 Å². The van der Waals surface area contributed by atoms with Crippen LogP contribution in [0.5, 0.6) is 0 Å². The first-order valence-corrected chi connectivity index (χ1v) is 9.76. The molecule has 138 valence electrons. The molecular formula is C18H25ClN2O3S. The van der Waals surface area contributed by atoms with Gasteiger partial charge in [0.25, 0.3) is 0 Å². The number of carboxylic acid groups (broad SMARTS) is 1. The van der Waals surface area contributed by atoms with Gasteiger partial charge in [-0.3, -0.25) is 14.5 Å². The summed E-state index contributed by atoms with van der Waals surface area (Å²) >= 11 is 7.66. The van der Waals surface area contributed by atoms with Gasteiger partial charge in [-0.1, -0.05) is 23.7 Å². The lowest BCUT2D eigenvalue weighted by atomic mass is 10.1. The Morgan fingerprint density at radius 1 is 1.36 bits per heavy atom. The maximum Gasteiger partial charge on any atom is 0.317 e. The molecule has 25 heavy (non-hydrogen) atoms. The Kier molecular flexibility index (Phi) is 7.59. The van der Waals surface area contributed by atoms with E-state index in [9.17, 15) is 9.59 Å². The van der Waals surface area contributed by atoms with Crippen LogP contribution in [0.15, 0.2) is 29.2 Å². The molecule has 1 heterocycles. The molecule has 0 spiro atoms. The zero-order chi connectivity index (χ0) is 18.4. The van der Waals surface area contributed by atoms with Gasteiger partial charge in [0.15, 0.2) is 0 Å². The largest absolute Gasteiger partial charge is 0.480 e. The first-order valence-electron chi connectivity index (χ1n) is 8.50. The lowest BCUT2D eigenvalue weighted by Gasteiger charge is -2.26. The smallest absolute Gasteiger partial charge is 0.317 e. The highest BCUT2D eigenvalue weighted by Crippen LogP contribution is 2.31. The SMILES string of the molecule is CC(Sc1ccccc1Cl)C(=O)N1CCCC(N(C)CC(=O)O)CC1. The molecule has 2 rings (SSSR count). The minimum absolute atomic E-state index is 0.0391.